The average molecular weight is 358 g/mol. The number of carbonyl (C=O) groups excluding carboxylic acids is 1. The lowest BCUT2D eigenvalue weighted by atomic mass is 10.0. The highest BCUT2D eigenvalue weighted by molar-refractivity contribution is 5.94. The molecule has 2 aliphatic rings. The largest absolute Gasteiger partial charge is 0.337 e. The van der Waals surface area contributed by atoms with Crippen molar-refractivity contribution >= 4 is 5.91 Å². The molecule has 0 saturated carbocycles. The third-order valence-electron chi connectivity index (χ3n) is 5.68. The Balaban J connectivity index is 1.44. The highest BCUT2D eigenvalue weighted by atomic mass is 16.2. The second-order valence-corrected chi connectivity index (χ2v) is 7.41. The van der Waals surface area contributed by atoms with Crippen LogP contribution in [0.5, 0.6) is 0 Å². The van der Waals surface area contributed by atoms with Crippen LogP contribution < -0.4 is 0 Å². The van der Waals surface area contributed by atoms with Gasteiger partial charge >= 0.3 is 0 Å². The maximum Gasteiger partial charge on any atom is 0.271 e. The van der Waals surface area contributed by atoms with Crippen molar-refractivity contribution in [3.63, 3.8) is 0 Å². The molecule has 136 valence electrons. The molecule has 1 fully saturated rings. The lowest BCUT2D eigenvalue weighted by molar-refractivity contribution is 0.0556. The van der Waals surface area contributed by atoms with Gasteiger partial charge < -0.3 is 9.47 Å². The molecule has 2 aromatic heterocycles. The van der Waals surface area contributed by atoms with E-state index < -0.39 is 0 Å². The molecule has 0 bridgehead atoms. The van der Waals surface area contributed by atoms with E-state index in [1.807, 2.05) is 42.6 Å². The summed E-state index contributed by atoms with van der Waals surface area (Å²) in [6.45, 7) is 3.35. The fourth-order valence-electron chi connectivity index (χ4n) is 4.44. The summed E-state index contributed by atoms with van der Waals surface area (Å²) in [6, 6.07) is 18.8. The van der Waals surface area contributed by atoms with E-state index in [2.05, 4.69) is 43.7 Å². The Morgan fingerprint density at radius 2 is 1.70 bits per heavy atom. The molecule has 0 N–H and O–H groups in total. The van der Waals surface area contributed by atoms with E-state index in [4.69, 9.17) is 0 Å². The lowest BCUT2D eigenvalue weighted by Gasteiger charge is -2.38. The highest BCUT2D eigenvalue weighted by Crippen LogP contribution is 2.35. The zero-order valence-corrected chi connectivity index (χ0v) is 15.1. The average Bonchev–Trinajstić information content (AvgIpc) is 3.34. The molecule has 1 aromatic carbocycles. The first kappa shape index (κ1) is 16.3. The van der Waals surface area contributed by atoms with Crippen LogP contribution in [0.4, 0.5) is 0 Å². The lowest BCUT2D eigenvalue weighted by Crippen LogP contribution is -2.49. The van der Waals surface area contributed by atoms with Gasteiger partial charge in [-0.05, 0) is 29.3 Å². The minimum absolute atomic E-state index is 0.133. The number of pyridine rings is 1. The molecule has 5 nitrogen and oxygen atoms in total. The van der Waals surface area contributed by atoms with Crippen molar-refractivity contribution in [3.8, 4) is 0 Å². The van der Waals surface area contributed by atoms with Crippen LogP contribution in [0.15, 0.2) is 73.2 Å². The number of carbonyl (C=O) groups is 1. The van der Waals surface area contributed by atoms with Gasteiger partial charge in [0, 0.05) is 44.8 Å². The molecule has 0 aliphatic carbocycles. The van der Waals surface area contributed by atoms with E-state index in [0.717, 1.165) is 25.3 Å². The molecular weight excluding hydrogens is 336 g/mol. The predicted octanol–water partition coefficient (Wildman–Crippen LogP) is 2.96. The molecule has 5 rings (SSSR count). The Morgan fingerprint density at radius 3 is 2.52 bits per heavy atom. The van der Waals surface area contributed by atoms with Gasteiger partial charge in [-0.1, -0.05) is 36.4 Å². The molecule has 0 radical (unpaired) electrons. The molecular formula is C22H22N4O. The number of rotatable bonds is 4. The Hall–Kier alpha value is -2.92. The number of hydrogen-bond acceptors (Lipinski definition) is 3. The fourth-order valence-corrected chi connectivity index (χ4v) is 4.44. The Bertz CT molecular complexity index is 937. The molecule has 0 unspecified atom stereocenters. The molecule has 2 atom stereocenters. The molecule has 4 heterocycles. The fraction of sp³-hybridized carbons (Fsp3) is 0.273. The summed E-state index contributed by atoms with van der Waals surface area (Å²) in [5.41, 5.74) is 3.19. The first-order chi connectivity index (χ1) is 13.3. The van der Waals surface area contributed by atoms with Crippen LogP contribution in [-0.2, 0) is 13.1 Å². The Kier molecular flexibility index (Phi) is 4.02. The van der Waals surface area contributed by atoms with Crippen molar-refractivity contribution in [2.45, 2.75) is 25.2 Å². The molecule has 0 spiro atoms. The second-order valence-electron chi connectivity index (χ2n) is 7.41. The van der Waals surface area contributed by atoms with Crippen LogP contribution in [0, 0.1) is 0 Å². The van der Waals surface area contributed by atoms with Gasteiger partial charge in [-0.3, -0.25) is 14.7 Å². The molecule has 1 saturated heterocycles. The van der Waals surface area contributed by atoms with Gasteiger partial charge in [0.2, 0.25) is 0 Å². The van der Waals surface area contributed by atoms with Crippen molar-refractivity contribution < 1.29 is 4.79 Å². The quantitative estimate of drug-likeness (QED) is 0.720. The molecule has 1 amide bonds. The first-order valence-corrected chi connectivity index (χ1v) is 9.42. The van der Waals surface area contributed by atoms with Crippen LogP contribution in [0.3, 0.4) is 0 Å². The monoisotopic (exact) mass is 358 g/mol. The summed E-state index contributed by atoms with van der Waals surface area (Å²) in [6.07, 6.45) is 5.79. The van der Waals surface area contributed by atoms with Crippen LogP contribution >= 0.6 is 0 Å². The number of fused-ring (bicyclic) bond motifs is 3. The number of amides is 1. The van der Waals surface area contributed by atoms with Crippen LogP contribution in [0.1, 0.15) is 27.7 Å². The number of likely N-dealkylation sites (tertiary alicyclic amines) is 1. The maximum atomic E-state index is 13.2. The standard InChI is InChI=1S/C22H22N4O/c27-22-19-9-5-11-25(19)20-15-24(13-18-8-4-10-23-12-18)16-21(20)26(22)14-17-6-2-1-3-7-17/h1-12,20-21H,13-16H2/t20-,21+/m1/s1. The second kappa shape index (κ2) is 6.67. The van der Waals surface area contributed by atoms with Crippen LogP contribution in [0.25, 0.3) is 0 Å². The van der Waals surface area contributed by atoms with Gasteiger partial charge in [0.15, 0.2) is 0 Å². The predicted molar refractivity (Wildman–Crippen MR) is 103 cm³/mol. The van der Waals surface area contributed by atoms with Gasteiger partial charge in [-0.25, -0.2) is 0 Å². The number of nitrogens with zero attached hydrogens (tertiary/aromatic N) is 4. The third-order valence-corrected chi connectivity index (χ3v) is 5.68. The summed E-state index contributed by atoms with van der Waals surface area (Å²) in [4.78, 5) is 21.9. The van der Waals surface area contributed by atoms with Gasteiger partial charge in [-0.15, -0.1) is 0 Å². The van der Waals surface area contributed by atoms with E-state index in [1.165, 1.54) is 11.1 Å². The van der Waals surface area contributed by atoms with Gasteiger partial charge in [0.25, 0.3) is 5.91 Å². The SMILES string of the molecule is O=C1c2cccn2[C@@H]2CN(Cc3cccnc3)C[C@@H]2N1Cc1ccccc1. The topological polar surface area (TPSA) is 41.4 Å². The third kappa shape index (κ3) is 2.94. The number of benzene rings is 1. The molecule has 5 heteroatoms. The normalized spacial score (nSPS) is 21.9. The summed E-state index contributed by atoms with van der Waals surface area (Å²) in [5, 5.41) is 0. The zero-order chi connectivity index (χ0) is 18.2. The number of aromatic nitrogens is 2. The van der Waals surface area contributed by atoms with Crippen molar-refractivity contribution in [1.82, 2.24) is 19.4 Å². The first-order valence-electron chi connectivity index (χ1n) is 9.42. The van der Waals surface area contributed by atoms with Gasteiger partial charge in [-0.2, -0.15) is 0 Å². The summed E-state index contributed by atoms with van der Waals surface area (Å²) < 4.78 is 2.18. The highest BCUT2D eigenvalue weighted by Gasteiger charge is 2.44. The Morgan fingerprint density at radius 1 is 0.889 bits per heavy atom. The van der Waals surface area contributed by atoms with Crippen molar-refractivity contribution in [3.05, 3.63) is 90.0 Å². The van der Waals surface area contributed by atoms with E-state index in [-0.39, 0.29) is 11.9 Å². The van der Waals surface area contributed by atoms with E-state index >= 15 is 0 Å². The maximum absolute atomic E-state index is 13.2. The molecule has 27 heavy (non-hydrogen) atoms. The van der Waals surface area contributed by atoms with Gasteiger partial charge in [0.1, 0.15) is 5.69 Å². The minimum atomic E-state index is 0.133. The summed E-state index contributed by atoms with van der Waals surface area (Å²) in [7, 11) is 0. The minimum Gasteiger partial charge on any atom is -0.337 e. The molecule has 3 aromatic rings. The van der Waals surface area contributed by atoms with E-state index in [0.29, 0.717) is 12.6 Å². The van der Waals surface area contributed by atoms with Crippen molar-refractivity contribution in [2.24, 2.45) is 0 Å². The molecule has 2 aliphatic heterocycles. The summed E-state index contributed by atoms with van der Waals surface area (Å²) in [5.74, 6) is 0.133. The van der Waals surface area contributed by atoms with Crippen LogP contribution in [0.2, 0.25) is 0 Å². The van der Waals surface area contributed by atoms with Crippen LogP contribution in [-0.4, -0.2) is 44.4 Å². The van der Waals surface area contributed by atoms with E-state index in [9.17, 15) is 4.79 Å². The zero-order valence-electron chi connectivity index (χ0n) is 15.1. The number of hydrogen-bond donors (Lipinski definition) is 0. The van der Waals surface area contributed by atoms with E-state index in [1.54, 1.807) is 6.20 Å². The van der Waals surface area contributed by atoms with Crippen molar-refractivity contribution in [1.29, 1.82) is 0 Å². The summed E-state index contributed by atoms with van der Waals surface area (Å²) >= 11 is 0. The van der Waals surface area contributed by atoms with Crippen molar-refractivity contribution in [2.75, 3.05) is 13.1 Å². The van der Waals surface area contributed by atoms with Gasteiger partial charge in [0.05, 0.1) is 12.1 Å². The Labute approximate surface area is 158 Å². The smallest absolute Gasteiger partial charge is 0.271 e.